The first-order valence-corrected chi connectivity index (χ1v) is 6.58. The molecule has 0 aromatic carbocycles. The highest BCUT2D eigenvalue weighted by atomic mass is 15.2. The number of hydrogen-bond donors (Lipinski definition) is 0. The van der Waals surface area contributed by atoms with Gasteiger partial charge >= 0.3 is 0 Å². The molecule has 1 fully saturated rings. The standard InChI is InChI=1S/C13H21N3/c1-11-4-7-16-10-14-12(13(16)8-11)9-15-5-2-3-6-15/h10-11H,2-9H2,1H3. The predicted octanol–water partition coefficient (Wildman–Crippen LogP) is 2.06. The summed E-state index contributed by atoms with van der Waals surface area (Å²) < 4.78 is 2.37. The fourth-order valence-electron chi connectivity index (χ4n) is 2.95. The molecule has 0 saturated carbocycles. The molecular weight excluding hydrogens is 198 g/mol. The van der Waals surface area contributed by atoms with Gasteiger partial charge in [-0.3, -0.25) is 4.90 Å². The molecule has 88 valence electrons. The van der Waals surface area contributed by atoms with E-state index in [1.54, 1.807) is 0 Å². The molecule has 0 N–H and O–H groups in total. The number of fused-ring (bicyclic) bond motifs is 1. The number of imidazole rings is 1. The van der Waals surface area contributed by atoms with Gasteiger partial charge < -0.3 is 4.57 Å². The Bertz CT molecular complexity index is 363. The Morgan fingerprint density at radius 1 is 1.31 bits per heavy atom. The second kappa shape index (κ2) is 4.21. The first-order chi connectivity index (χ1) is 7.83. The van der Waals surface area contributed by atoms with E-state index >= 15 is 0 Å². The number of rotatable bonds is 2. The molecule has 16 heavy (non-hydrogen) atoms. The van der Waals surface area contributed by atoms with Gasteiger partial charge in [-0.2, -0.15) is 0 Å². The van der Waals surface area contributed by atoms with Crippen LogP contribution in [0.4, 0.5) is 0 Å². The maximum atomic E-state index is 4.62. The lowest BCUT2D eigenvalue weighted by molar-refractivity contribution is 0.323. The summed E-state index contributed by atoms with van der Waals surface area (Å²) in [4.78, 5) is 7.16. The summed E-state index contributed by atoms with van der Waals surface area (Å²) in [7, 11) is 0. The molecule has 3 heteroatoms. The molecule has 0 amide bonds. The zero-order chi connectivity index (χ0) is 11.0. The second-order valence-corrected chi connectivity index (χ2v) is 5.41. The predicted molar refractivity (Wildman–Crippen MR) is 64.2 cm³/mol. The lowest BCUT2D eigenvalue weighted by Gasteiger charge is -2.22. The van der Waals surface area contributed by atoms with Crippen LogP contribution in [0.3, 0.4) is 0 Å². The molecule has 0 bridgehead atoms. The van der Waals surface area contributed by atoms with Gasteiger partial charge in [0.05, 0.1) is 12.0 Å². The van der Waals surface area contributed by atoms with Gasteiger partial charge in [-0.1, -0.05) is 6.92 Å². The third kappa shape index (κ3) is 1.88. The lowest BCUT2D eigenvalue weighted by atomic mass is 9.97. The van der Waals surface area contributed by atoms with Gasteiger partial charge in [0.2, 0.25) is 0 Å². The van der Waals surface area contributed by atoms with Crippen molar-refractivity contribution in [2.45, 2.75) is 45.7 Å². The Morgan fingerprint density at radius 3 is 2.94 bits per heavy atom. The Hall–Kier alpha value is -0.830. The number of aromatic nitrogens is 2. The van der Waals surface area contributed by atoms with Crippen molar-refractivity contribution < 1.29 is 0 Å². The Morgan fingerprint density at radius 2 is 2.12 bits per heavy atom. The molecule has 1 atom stereocenters. The van der Waals surface area contributed by atoms with E-state index in [9.17, 15) is 0 Å². The highest BCUT2D eigenvalue weighted by Crippen LogP contribution is 2.23. The molecule has 1 saturated heterocycles. The summed E-state index contributed by atoms with van der Waals surface area (Å²) >= 11 is 0. The van der Waals surface area contributed by atoms with E-state index in [-0.39, 0.29) is 0 Å². The summed E-state index contributed by atoms with van der Waals surface area (Å²) in [5.74, 6) is 0.835. The zero-order valence-electron chi connectivity index (χ0n) is 10.2. The minimum Gasteiger partial charge on any atom is -0.334 e. The first kappa shape index (κ1) is 10.3. The number of hydrogen-bond acceptors (Lipinski definition) is 2. The Kier molecular flexibility index (Phi) is 2.72. The maximum absolute atomic E-state index is 4.62. The SMILES string of the molecule is CC1CCn2cnc(CN3CCCC3)c2C1. The van der Waals surface area contributed by atoms with Gasteiger partial charge in [0, 0.05) is 18.8 Å². The average molecular weight is 219 g/mol. The fourth-order valence-corrected chi connectivity index (χ4v) is 2.95. The molecule has 3 nitrogen and oxygen atoms in total. The van der Waals surface area contributed by atoms with E-state index in [4.69, 9.17) is 0 Å². The van der Waals surface area contributed by atoms with Crippen LogP contribution >= 0.6 is 0 Å². The van der Waals surface area contributed by atoms with E-state index in [0.29, 0.717) is 0 Å². The summed E-state index contributed by atoms with van der Waals surface area (Å²) in [6, 6.07) is 0. The summed E-state index contributed by atoms with van der Waals surface area (Å²) in [6.07, 6.45) is 7.32. The molecular formula is C13H21N3. The molecule has 1 unspecified atom stereocenters. The number of nitrogens with zero attached hydrogens (tertiary/aromatic N) is 3. The van der Waals surface area contributed by atoms with Gasteiger partial charge in [-0.15, -0.1) is 0 Å². The summed E-state index contributed by atoms with van der Waals surface area (Å²) in [5.41, 5.74) is 2.85. The van der Waals surface area contributed by atoms with Crippen LogP contribution in [-0.2, 0) is 19.5 Å². The first-order valence-electron chi connectivity index (χ1n) is 6.58. The van der Waals surface area contributed by atoms with Crippen molar-refractivity contribution in [3.63, 3.8) is 0 Å². The van der Waals surface area contributed by atoms with Crippen LogP contribution in [0.5, 0.6) is 0 Å². The van der Waals surface area contributed by atoms with Crippen LogP contribution in [0.1, 0.15) is 37.6 Å². The molecule has 1 aromatic heterocycles. The monoisotopic (exact) mass is 219 g/mol. The highest BCUT2D eigenvalue weighted by molar-refractivity contribution is 5.15. The smallest absolute Gasteiger partial charge is 0.0952 e. The van der Waals surface area contributed by atoms with Crippen molar-refractivity contribution in [2.24, 2.45) is 5.92 Å². The molecule has 2 aliphatic heterocycles. The minimum absolute atomic E-state index is 0.835. The van der Waals surface area contributed by atoms with Crippen molar-refractivity contribution in [3.05, 3.63) is 17.7 Å². The van der Waals surface area contributed by atoms with Crippen LogP contribution < -0.4 is 0 Å². The van der Waals surface area contributed by atoms with Crippen LogP contribution in [0.2, 0.25) is 0 Å². The largest absolute Gasteiger partial charge is 0.334 e. The third-order valence-electron chi connectivity index (χ3n) is 4.01. The average Bonchev–Trinajstić information content (AvgIpc) is 2.90. The number of aryl methyl sites for hydroxylation is 1. The normalized spacial score (nSPS) is 25.9. The van der Waals surface area contributed by atoms with E-state index in [1.165, 1.54) is 56.7 Å². The molecule has 0 aliphatic carbocycles. The van der Waals surface area contributed by atoms with E-state index in [2.05, 4.69) is 21.4 Å². The zero-order valence-corrected chi connectivity index (χ0v) is 10.2. The molecule has 0 spiro atoms. The molecule has 3 rings (SSSR count). The van der Waals surface area contributed by atoms with Crippen LogP contribution in [0, 0.1) is 5.92 Å². The molecule has 0 radical (unpaired) electrons. The van der Waals surface area contributed by atoms with Crippen molar-refractivity contribution in [1.29, 1.82) is 0 Å². The summed E-state index contributed by atoms with van der Waals surface area (Å²) in [5, 5.41) is 0. The van der Waals surface area contributed by atoms with Crippen molar-refractivity contribution in [2.75, 3.05) is 13.1 Å². The van der Waals surface area contributed by atoms with Crippen molar-refractivity contribution in [3.8, 4) is 0 Å². The topological polar surface area (TPSA) is 21.1 Å². The van der Waals surface area contributed by atoms with Gasteiger partial charge in [-0.25, -0.2) is 4.98 Å². The Balaban J connectivity index is 1.77. The maximum Gasteiger partial charge on any atom is 0.0952 e. The van der Waals surface area contributed by atoms with E-state index < -0.39 is 0 Å². The second-order valence-electron chi connectivity index (χ2n) is 5.41. The lowest BCUT2D eigenvalue weighted by Crippen LogP contribution is -2.22. The third-order valence-corrected chi connectivity index (χ3v) is 4.01. The molecule has 1 aromatic rings. The van der Waals surface area contributed by atoms with Crippen molar-refractivity contribution >= 4 is 0 Å². The quantitative estimate of drug-likeness (QED) is 0.759. The van der Waals surface area contributed by atoms with E-state index in [1.807, 2.05) is 6.33 Å². The van der Waals surface area contributed by atoms with Gasteiger partial charge in [0.1, 0.15) is 0 Å². The fraction of sp³-hybridized carbons (Fsp3) is 0.769. The minimum atomic E-state index is 0.835. The van der Waals surface area contributed by atoms with Gasteiger partial charge in [0.25, 0.3) is 0 Å². The van der Waals surface area contributed by atoms with E-state index in [0.717, 1.165) is 12.5 Å². The molecule has 2 aliphatic rings. The highest BCUT2D eigenvalue weighted by Gasteiger charge is 2.21. The van der Waals surface area contributed by atoms with Crippen molar-refractivity contribution in [1.82, 2.24) is 14.5 Å². The summed E-state index contributed by atoms with van der Waals surface area (Å²) in [6.45, 7) is 7.14. The van der Waals surface area contributed by atoms with Crippen LogP contribution in [0.25, 0.3) is 0 Å². The van der Waals surface area contributed by atoms with Gasteiger partial charge in [0.15, 0.2) is 0 Å². The molecule has 3 heterocycles. The Labute approximate surface area is 97.5 Å². The van der Waals surface area contributed by atoms with Crippen LogP contribution in [0.15, 0.2) is 6.33 Å². The number of likely N-dealkylation sites (tertiary alicyclic amines) is 1. The van der Waals surface area contributed by atoms with Crippen LogP contribution in [-0.4, -0.2) is 27.5 Å². The van der Waals surface area contributed by atoms with Gasteiger partial charge in [-0.05, 0) is 44.7 Å².